The summed E-state index contributed by atoms with van der Waals surface area (Å²) in [6.07, 6.45) is 0.255. The highest BCUT2D eigenvalue weighted by molar-refractivity contribution is 9.10. The number of imidazole rings is 1. The first kappa shape index (κ1) is 12.7. The lowest BCUT2D eigenvalue weighted by Gasteiger charge is -2.10. The molecule has 0 saturated carbocycles. The van der Waals surface area contributed by atoms with E-state index in [1.54, 1.807) is 0 Å². The van der Waals surface area contributed by atoms with E-state index in [0.717, 1.165) is 27.0 Å². The number of aromatic nitrogens is 2. The first-order valence-electron chi connectivity index (χ1n) is 6.09. The van der Waals surface area contributed by atoms with Crippen molar-refractivity contribution in [1.29, 1.82) is 5.26 Å². The Morgan fingerprint density at radius 1 is 1.25 bits per heavy atom. The molecule has 2 aromatic carbocycles. The lowest BCUT2D eigenvalue weighted by Crippen LogP contribution is -2.02. The Labute approximate surface area is 124 Å². The van der Waals surface area contributed by atoms with E-state index in [0.29, 0.717) is 5.69 Å². The molecule has 0 aliphatic carbocycles. The van der Waals surface area contributed by atoms with Gasteiger partial charge >= 0.3 is 0 Å². The topological polar surface area (TPSA) is 67.6 Å². The van der Waals surface area contributed by atoms with E-state index in [-0.39, 0.29) is 6.42 Å². The molecule has 1 aromatic heterocycles. The van der Waals surface area contributed by atoms with Crippen LogP contribution in [-0.4, -0.2) is 9.55 Å². The third kappa shape index (κ3) is 2.04. The maximum absolute atomic E-state index is 8.99. The first-order chi connectivity index (χ1) is 9.70. The van der Waals surface area contributed by atoms with Crippen LogP contribution < -0.4 is 5.73 Å². The van der Waals surface area contributed by atoms with Crippen LogP contribution in [0.5, 0.6) is 0 Å². The minimum absolute atomic E-state index is 0.255. The molecule has 0 atom stereocenters. The highest BCUT2D eigenvalue weighted by atomic mass is 79.9. The Kier molecular flexibility index (Phi) is 3.17. The third-order valence-corrected chi connectivity index (χ3v) is 3.72. The van der Waals surface area contributed by atoms with Gasteiger partial charge in [0.1, 0.15) is 5.82 Å². The molecule has 20 heavy (non-hydrogen) atoms. The van der Waals surface area contributed by atoms with Gasteiger partial charge in [-0.05, 0) is 46.3 Å². The Hall–Kier alpha value is -2.32. The predicted octanol–water partition coefficient (Wildman–Crippen LogP) is 3.44. The molecular weight excluding hydrogens is 316 g/mol. The summed E-state index contributed by atoms with van der Waals surface area (Å²) < 4.78 is 2.86. The van der Waals surface area contributed by atoms with Crippen molar-refractivity contribution in [2.75, 3.05) is 5.73 Å². The Morgan fingerprint density at radius 2 is 2.05 bits per heavy atom. The van der Waals surface area contributed by atoms with Gasteiger partial charge in [0, 0.05) is 10.2 Å². The molecule has 98 valence electrons. The van der Waals surface area contributed by atoms with Crippen molar-refractivity contribution in [2.45, 2.75) is 6.42 Å². The van der Waals surface area contributed by atoms with Crippen molar-refractivity contribution >= 4 is 32.7 Å². The number of nitriles is 1. The fourth-order valence-electron chi connectivity index (χ4n) is 2.24. The van der Waals surface area contributed by atoms with Crippen LogP contribution in [0.2, 0.25) is 0 Å². The van der Waals surface area contributed by atoms with Crippen molar-refractivity contribution in [1.82, 2.24) is 9.55 Å². The highest BCUT2D eigenvalue weighted by Gasteiger charge is 2.13. The summed E-state index contributed by atoms with van der Waals surface area (Å²) in [5.41, 5.74) is 9.25. The van der Waals surface area contributed by atoms with Gasteiger partial charge in [-0.15, -0.1) is 0 Å². The predicted molar refractivity (Wildman–Crippen MR) is 82.5 cm³/mol. The van der Waals surface area contributed by atoms with Crippen LogP contribution >= 0.6 is 15.9 Å². The average Bonchev–Trinajstić information content (AvgIpc) is 2.78. The molecule has 0 aliphatic rings. The van der Waals surface area contributed by atoms with Crippen molar-refractivity contribution in [3.63, 3.8) is 0 Å². The normalized spacial score (nSPS) is 10.6. The molecule has 2 N–H and O–H groups in total. The fraction of sp³-hybridized carbons (Fsp3) is 0.0667. The second-order valence-electron chi connectivity index (χ2n) is 4.40. The largest absolute Gasteiger partial charge is 0.399 e. The SMILES string of the molecule is N#CCc1nc2ccccc2n1-c1ccc(N)cc1Br. The van der Waals surface area contributed by atoms with Crippen LogP contribution in [0.3, 0.4) is 0 Å². The maximum atomic E-state index is 8.99. The molecule has 0 aliphatic heterocycles. The molecule has 4 nitrogen and oxygen atoms in total. The molecule has 3 aromatic rings. The number of nitrogens with zero attached hydrogens (tertiary/aromatic N) is 3. The third-order valence-electron chi connectivity index (χ3n) is 3.08. The van der Waals surface area contributed by atoms with E-state index < -0.39 is 0 Å². The summed E-state index contributed by atoms with van der Waals surface area (Å²) in [6, 6.07) is 15.6. The van der Waals surface area contributed by atoms with Crippen LogP contribution in [0.15, 0.2) is 46.9 Å². The zero-order chi connectivity index (χ0) is 14.1. The number of fused-ring (bicyclic) bond motifs is 1. The van der Waals surface area contributed by atoms with Gasteiger partial charge in [0.05, 0.1) is 29.2 Å². The summed E-state index contributed by atoms with van der Waals surface area (Å²) in [7, 11) is 0. The van der Waals surface area contributed by atoms with Crippen molar-refractivity contribution < 1.29 is 0 Å². The van der Waals surface area contributed by atoms with Gasteiger partial charge in [-0.3, -0.25) is 4.57 Å². The number of hydrogen-bond acceptors (Lipinski definition) is 3. The van der Waals surface area contributed by atoms with Gasteiger partial charge in [-0.1, -0.05) is 12.1 Å². The van der Waals surface area contributed by atoms with E-state index in [9.17, 15) is 0 Å². The Balaban J connectivity index is 2.33. The van der Waals surface area contributed by atoms with Crippen molar-refractivity contribution in [3.8, 4) is 11.8 Å². The summed E-state index contributed by atoms with van der Waals surface area (Å²) in [6.45, 7) is 0. The van der Waals surface area contributed by atoms with E-state index in [1.165, 1.54) is 0 Å². The molecule has 0 spiro atoms. The van der Waals surface area contributed by atoms with E-state index in [2.05, 4.69) is 27.0 Å². The summed E-state index contributed by atoms with van der Waals surface area (Å²) >= 11 is 3.53. The first-order valence-corrected chi connectivity index (χ1v) is 6.88. The summed E-state index contributed by atoms with van der Waals surface area (Å²) in [5, 5.41) is 8.99. The number of nitrogen functional groups attached to an aromatic ring is 1. The Morgan fingerprint density at radius 3 is 2.80 bits per heavy atom. The smallest absolute Gasteiger partial charge is 0.128 e. The fourth-order valence-corrected chi connectivity index (χ4v) is 2.81. The van der Waals surface area contributed by atoms with Crippen LogP contribution in [0.1, 0.15) is 5.82 Å². The second-order valence-corrected chi connectivity index (χ2v) is 5.25. The zero-order valence-electron chi connectivity index (χ0n) is 10.5. The van der Waals surface area contributed by atoms with E-state index in [1.807, 2.05) is 47.0 Å². The van der Waals surface area contributed by atoms with Gasteiger partial charge < -0.3 is 5.73 Å². The molecule has 0 radical (unpaired) electrons. The van der Waals surface area contributed by atoms with Gasteiger partial charge in [-0.25, -0.2) is 4.98 Å². The van der Waals surface area contributed by atoms with Gasteiger partial charge in [0.2, 0.25) is 0 Å². The molecule has 0 saturated heterocycles. The minimum atomic E-state index is 0.255. The average molecular weight is 327 g/mol. The highest BCUT2D eigenvalue weighted by Crippen LogP contribution is 2.28. The van der Waals surface area contributed by atoms with Gasteiger partial charge in [0.25, 0.3) is 0 Å². The number of halogens is 1. The summed E-state index contributed by atoms with van der Waals surface area (Å²) in [4.78, 5) is 4.53. The monoisotopic (exact) mass is 326 g/mol. The number of para-hydroxylation sites is 2. The van der Waals surface area contributed by atoms with Crippen molar-refractivity contribution in [3.05, 3.63) is 52.8 Å². The number of benzene rings is 2. The maximum Gasteiger partial charge on any atom is 0.128 e. The number of anilines is 1. The van der Waals surface area contributed by atoms with E-state index >= 15 is 0 Å². The molecule has 1 heterocycles. The number of hydrogen-bond donors (Lipinski definition) is 1. The lowest BCUT2D eigenvalue weighted by atomic mass is 10.2. The van der Waals surface area contributed by atoms with E-state index in [4.69, 9.17) is 11.0 Å². The molecule has 3 rings (SSSR count). The standard InChI is InChI=1S/C15H11BrN4/c16-11-9-10(18)5-6-13(11)20-14-4-2-1-3-12(14)19-15(20)7-8-17/h1-6,9H,7,18H2. The summed E-state index contributed by atoms with van der Waals surface area (Å²) in [5.74, 6) is 0.721. The van der Waals surface area contributed by atoms with Crippen LogP contribution in [-0.2, 0) is 6.42 Å². The number of nitrogens with two attached hydrogens (primary N) is 1. The molecule has 0 unspecified atom stereocenters. The molecule has 5 heteroatoms. The number of rotatable bonds is 2. The quantitative estimate of drug-likeness (QED) is 0.733. The molecule has 0 amide bonds. The van der Waals surface area contributed by atoms with Gasteiger partial charge in [-0.2, -0.15) is 5.26 Å². The molecule has 0 fully saturated rings. The van der Waals surface area contributed by atoms with Crippen molar-refractivity contribution in [2.24, 2.45) is 0 Å². The zero-order valence-corrected chi connectivity index (χ0v) is 12.1. The molecular formula is C15H11BrN4. The lowest BCUT2D eigenvalue weighted by molar-refractivity contribution is 0.951. The van der Waals surface area contributed by atoms with Crippen LogP contribution in [0.4, 0.5) is 5.69 Å². The Bertz CT molecular complexity index is 829. The van der Waals surface area contributed by atoms with Crippen LogP contribution in [0.25, 0.3) is 16.7 Å². The second kappa shape index (κ2) is 4.99. The van der Waals surface area contributed by atoms with Gasteiger partial charge in [0.15, 0.2) is 0 Å². The molecule has 0 bridgehead atoms. The minimum Gasteiger partial charge on any atom is -0.399 e. The van der Waals surface area contributed by atoms with Crippen LogP contribution in [0, 0.1) is 11.3 Å².